The molecule has 1 saturated heterocycles. The van der Waals surface area contributed by atoms with Gasteiger partial charge < -0.3 is 27.3 Å². The number of unbranched alkanes of at least 4 members (excludes halogenated alkanes) is 3. The first-order valence-electron chi connectivity index (χ1n) is 22.5. The van der Waals surface area contributed by atoms with E-state index in [1.807, 2.05) is 54.6 Å². The fourth-order valence-corrected chi connectivity index (χ4v) is 7.26. The van der Waals surface area contributed by atoms with E-state index < -0.39 is 0 Å². The van der Waals surface area contributed by atoms with Crippen molar-refractivity contribution in [3.05, 3.63) is 199 Å². The summed E-state index contributed by atoms with van der Waals surface area (Å²) < 4.78 is 19.8. The van der Waals surface area contributed by atoms with Crippen molar-refractivity contribution in [2.45, 2.75) is 77.2 Å². The highest BCUT2D eigenvalue weighted by atomic mass is 79.9. The molecule has 1 fully saturated rings. The molecule has 6 nitrogen and oxygen atoms in total. The molecule has 6 aromatic rings. The lowest BCUT2D eigenvalue weighted by molar-refractivity contribution is 0.112. The fourth-order valence-electron chi connectivity index (χ4n) is 6.07. The molecule has 1 heterocycles. The fraction of sp³-hybridized carbons (Fsp3) is 0.304. The van der Waals surface area contributed by atoms with Gasteiger partial charge in [0, 0.05) is 37.5 Å². The number of aliphatic hydroxyl groups excluding tert-OH is 1. The number of rotatable bonds is 19. The Morgan fingerprint density at radius 3 is 1.26 bits per heavy atom. The average Bonchev–Trinajstić information content (AvgIpc) is 3.96. The molecule has 0 atom stereocenters. The summed E-state index contributed by atoms with van der Waals surface area (Å²) in [6.07, 6.45) is 15.4. The van der Waals surface area contributed by atoms with Crippen LogP contribution in [0.15, 0.2) is 166 Å². The predicted octanol–water partition coefficient (Wildman–Crippen LogP) is 16.2. The van der Waals surface area contributed by atoms with Crippen LogP contribution in [0.1, 0.15) is 92.4 Å². The van der Waals surface area contributed by atoms with E-state index in [4.69, 9.17) is 24.4 Å². The number of benzene rings is 6. The molecule has 0 aromatic heterocycles. The van der Waals surface area contributed by atoms with Gasteiger partial charge in [0.1, 0.15) is 23.5 Å². The molecular weight excluding hydrogens is 1090 g/mol. The van der Waals surface area contributed by atoms with Gasteiger partial charge in [-0.15, -0.1) is 0 Å². The van der Waals surface area contributed by atoms with Gasteiger partial charge in [-0.3, -0.25) is 4.79 Å². The van der Waals surface area contributed by atoms with E-state index in [-0.39, 0.29) is 15.2 Å². The number of phenolic OH excluding ortho intramolecular Hbond substituents is 1. The highest BCUT2D eigenvalue weighted by Crippen LogP contribution is 2.17. The van der Waals surface area contributed by atoms with Gasteiger partial charge in [0.15, 0.2) is 0 Å². The minimum absolute atomic E-state index is 0. The maximum atomic E-state index is 10.0. The summed E-state index contributed by atoms with van der Waals surface area (Å²) in [4.78, 5) is 10.0. The van der Waals surface area contributed by atoms with Crippen molar-refractivity contribution in [1.82, 2.24) is 0 Å². The summed E-state index contributed by atoms with van der Waals surface area (Å²) in [7, 11) is 0. The number of hydrogen-bond acceptors (Lipinski definition) is 6. The van der Waals surface area contributed by atoms with Crippen molar-refractivity contribution in [1.29, 1.82) is 0 Å². The van der Waals surface area contributed by atoms with E-state index in [2.05, 4.69) is 143 Å². The monoisotopic (exact) mass is 1150 g/mol. The van der Waals surface area contributed by atoms with Crippen LogP contribution in [-0.2, 0) is 30.6 Å². The highest BCUT2D eigenvalue weighted by Gasteiger charge is 1.99. The standard InChI is InChI=1S/C18H19BrO.C17H19BrO2.C10H12Br2.C7H6O2.C4H8O.2H/c1-2-15-8-12-18(13-9-15)20-14-4-3-5-16-6-10-17(19)11-7-16;18-16-8-4-14(5-9-16)3-1-2-12-20-17-10-6-15(13-19)7-11-17;11-8-2-1-3-9-4-6-10(12)7-5-9;8-5-6-1-3-7(9)4-2-6;1-2-4-5-3-1;;/h2,6-13H,1,3-5,14H2;4-11,19H,1-3,12-13H2;4-7H,1-3,8H2;1-5,9H;1-4H2;;/q;;;;;2*-1/i;;;;;2*1+2. The molecule has 6 aromatic carbocycles. The van der Waals surface area contributed by atoms with Gasteiger partial charge in [-0.2, -0.15) is 0 Å². The van der Waals surface area contributed by atoms with E-state index in [0.29, 0.717) is 5.56 Å². The van der Waals surface area contributed by atoms with Crippen molar-refractivity contribution in [2.75, 3.05) is 31.8 Å². The molecule has 1 aliphatic rings. The Hall–Kier alpha value is -4.03. The molecule has 7 rings (SSSR count). The number of carbonyl (C=O) groups excluding carboxylic acids is 1. The molecule has 0 unspecified atom stereocenters. The summed E-state index contributed by atoms with van der Waals surface area (Å²) in [5.41, 5.74) is 6.77. The Morgan fingerprint density at radius 2 is 0.909 bits per heavy atom. The summed E-state index contributed by atoms with van der Waals surface area (Å²) in [5.74, 6) is 1.98. The minimum Gasteiger partial charge on any atom is -1.00 e. The largest absolute Gasteiger partial charge is 1.00 e. The van der Waals surface area contributed by atoms with E-state index in [0.717, 1.165) is 113 Å². The Balaban J connectivity index is 0.000000449. The Labute approximate surface area is 430 Å². The number of aliphatic hydroxyl groups is 1. The number of ether oxygens (including phenoxy) is 3. The van der Waals surface area contributed by atoms with Crippen LogP contribution in [0.4, 0.5) is 0 Å². The molecule has 1 aliphatic heterocycles. The lowest BCUT2D eigenvalue weighted by atomic mass is 10.1. The second-order valence-corrected chi connectivity index (χ2v) is 18.8. The quantitative estimate of drug-likeness (QED) is 0.0478. The molecule has 356 valence electrons. The Morgan fingerprint density at radius 1 is 0.530 bits per heavy atom. The predicted molar refractivity (Wildman–Crippen MR) is 291 cm³/mol. The van der Waals surface area contributed by atoms with Gasteiger partial charge in [-0.1, -0.05) is 137 Å². The molecule has 0 spiro atoms. The van der Waals surface area contributed by atoms with Crippen LogP contribution in [0.2, 0.25) is 0 Å². The lowest BCUT2D eigenvalue weighted by Crippen LogP contribution is -1.98. The van der Waals surface area contributed by atoms with E-state index in [1.54, 1.807) is 12.1 Å². The average molecular weight is 1160 g/mol. The first kappa shape index (κ1) is 56.3. The number of aldehydes is 1. The number of aromatic hydroxyl groups is 1. The van der Waals surface area contributed by atoms with Gasteiger partial charge in [0.05, 0.1) is 19.8 Å². The van der Waals surface area contributed by atoms with Crippen molar-refractivity contribution < 1.29 is 32.1 Å². The molecule has 66 heavy (non-hydrogen) atoms. The van der Waals surface area contributed by atoms with Crippen LogP contribution in [0.25, 0.3) is 6.08 Å². The Kier molecular flexibility index (Phi) is 30.8. The maximum Gasteiger partial charge on any atom is 0.150 e. The molecule has 0 amide bonds. The smallest absolute Gasteiger partial charge is 0.150 e. The molecule has 0 aliphatic carbocycles. The zero-order valence-electron chi connectivity index (χ0n) is 39.8. The zero-order chi connectivity index (χ0) is 47.5. The van der Waals surface area contributed by atoms with Crippen LogP contribution in [0.5, 0.6) is 17.2 Å². The molecule has 10 heteroatoms. The zero-order valence-corrected chi connectivity index (χ0v) is 44.1. The molecule has 0 bridgehead atoms. The highest BCUT2D eigenvalue weighted by molar-refractivity contribution is 9.11. The Bertz CT molecular complexity index is 2130. The minimum atomic E-state index is 0. The van der Waals surface area contributed by atoms with Gasteiger partial charge in [0.25, 0.3) is 0 Å². The summed E-state index contributed by atoms with van der Waals surface area (Å²) >= 11 is 13.7. The molecular formula is C56H66Br4O6-2. The van der Waals surface area contributed by atoms with Crippen molar-refractivity contribution in [2.24, 2.45) is 0 Å². The summed E-state index contributed by atoms with van der Waals surface area (Å²) in [5, 5.41) is 18.8. The second kappa shape index (κ2) is 36.1. The third kappa shape index (κ3) is 26.9. The van der Waals surface area contributed by atoms with Gasteiger partial charge in [0.2, 0.25) is 0 Å². The van der Waals surface area contributed by atoms with Crippen molar-refractivity contribution in [3.63, 3.8) is 0 Å². The maximum absolute atomic E-state index is 10.0. The summed E-state index contributed by atoms with van der Waals surface area (Å²) in [6.45, 7) is 7.31. The normalized spacial score (nSPS) is 11.2. The lowest BCUT2D eigenvalue weighted by Gasteiger charge is -2.07. The number of hydrogen-bond donors (Lipinski definition) is 2. The van der Waals surface area contributed by atoms with E-state index >= 15 is 0 Å². The molecule has 2 N–H and O–H groups in total. The number of phenols is 1. The third-order valence-electron chi connectivity index (χ3n) is 9.92. The first-order chi connectivity index (χ1) is 32.2. The topological polar surface area (TPSA) is 85.2 Å². The second-order valence-electron chi connectivity index (χ2n) is 15.2. The molecule has 0 saturated carbocycles. The first-order valence-corrected chi connectivity index (χ1v) is 26.0. The van der Waals surface area contributed by atoms with Crippen molar-refractivity contribution >= 4 is 76.1 Å². The van der Waals surface area contributed by atoms with Crippen molar-refractivity contribution in [3.8, 4) is 17.2 Å². The number of aryl methyl sites for hydroxylation is 3. The molecule has 0 radical (unpaired) electrons. The number of halogens is 4. The SMILES string of the molecule is BrCCCCc1ccc(Br)cc1.C1CCOC1.C=Cc1ccc(OCCCCc2ccc(Br)cc2)cc1.O=Cc1ccc(O)cc1.OCc1ccc(OCCCCc2ccc(Br)cc2)cc1.[3H-].[3H-]. The van der Waals surface area contributed by atoms with E-state index in [9.17, 15) is 4.79 Å². The van der Waals surface area contributed by atoms with Crippen LogP contribution in [0, 0.1) is 0 Å². The van der Waals surface area contributed by atoms with Crippen LogP contribution >= 0.6 is 63.7 Å². The van der Waals surface area contributed by atoms with Gasteiger partial charge >= 0.3 is 0 Å². The van der Waals surface area contributed by atoms with Crippen LogP contribution in [0.3, 0.4) is 0 Å². The number of alkyl halides is 1. The van der Waals surface area contributed by atoms with Gasteiger partial charge in [-0.25, -0.2) is 0 Å². The summed E-state index contributed by atoms with van der Waals surface area (Å²) in [6, 6.07) is 47.2. The van der Waals surface area contributed by atoms with Gasteiger partial charge in [-0.05, 0) is 183 Å². The third-order valence-corrected chi connectivity index (χ3v) is 12.1. The van der Waals surface area contributed by atoms with Crippen LogP contribution in [-0.4, -0.2) is 48.3 Å². The number of carbonyl (C=O) groups is 1. The van der Waals surface area contributed by atoms with E-state index in [1.165, 1.54) is 60.9 Å². The van der Waals surface area contributed by atoms with Crippen LogP contribution < -0.4 is 9.47 Å².